The molecule has 0 aliphatic carbocycles. The highest BCUT2D eigenvalue weighted by Gasteiger charge is 2.52. The molecule has 2 saturated heterocycles. The van der Waals surface area contributed by atoms with E-state index in [1.807, 2.05) is 0 Å². The number of hydrogen-bond acceptors (Lipinski definition) is 6. The second kappa shape index (κ2) is 17.0. The van der Waals surface area contributed by atoms with Gasteiger partial charge in [0.15, 0.2) is 0 Å². The molecule has 11 rings (SSSR count). The molecule has 0 bridgehead atoms. The fourth-order valence-electron chi connectivity index (χ4n) is 10.4. The molecule has 2 aliphatic rings. The maximum absolute atomic E-state index is 6.49. The Morgan fingerprint density at radius 3 is 1.20 bits per heavy atom. The van der Waals surface area contributed by atoms with Crippen LogP contribution in [0.5, 0.6) is 0 Å². The van der Waals surface area contributed by atoms with Crippen LogP contribution in [0.3, 0.4) is 0 Å². The zero-order chi connectivity index (χ0) is 49.8. The van der Waals surface area contributed by atoms with Gasteiger partial charge < -0.3 is 33.0 Å². The molecule has 0 N–H and O–H groups in total. The van der Waals surface area contributed by atoms with Gasteiger partial charge in [0.05, 0.1) is 39.1 Å². The third kappa shape index (κ3) is 8.04. The number of hydrogen-bond donors (Lipinski definition) is 0. The van der Waals surface area contributed by atoms with Gasteiger partial charge in [-0.1, -0.05) is 96.1 Å². The van der Waals surface area contributed by atoms with Gasteiger partial charge in [-0.3, -0.25) is 0 Å². The first kappa shape index (κ1) is 46.8. The molecule has 2 fully saturated rings. The number of anilines is 6. The molecule has 8 aromatic carbocycles. The van der Waals surface area contributed by atoms with Crippen LogP contribution >= 0.6 is 0 Å². The van der Waals surface area contributed by atoms with Crippen LogP contribution in [0, 0.1) is 27.7 Å². The van der Waals surface area contributed by atoms with E-state index < -0.39 is 36.6 Å². The van der Waals surface area contributed by atoms with Gasteiger partial charge in [-0.25, -0.2) is 0 Å². The van der Waals surface area contributed by atoms with Crippen molar-refractivity contribution in [2.45, 2.75) is 105 Å². The predicted molar refractivity (Wildman–Crippen MR) is 298 cm³/mol. The Hall–Kier alpha value is -6.61. The quantitative estimate of drug-likeness (QED) is 0.134. The standard InChI is InChI=1S/C62H63B2N3O4/c1-40-20-32-54(42(3)36-40)65(47-26-22-45(23-27-47)63-68-59(5,6)60(7,8)69-63)49-30-34-57-52(38-49)53-39-50(31-35-58(53)67(57)56-19-15-17-44-16-13-14-18-51(44)56)66(55-33-21-41(2)37-43(55)4)48-28-24-46(25-29-48)64-70-61(9,10)62(11,12)71-64/h13-39H,1-12H3. The topological polar surface area (TPSA) is 48.3 Å². The Bertz CT molecular complexity index is 3290. The Morgan fingerprint density at radius 2 is 0.775 bits per heavy atom. The summed E-state index contributed by atoms with van der Waals surface area (Å²) in [5.41, 5.74) is 14.9. The van der Waals surface area contributed by atoms with Gasteiger partial charge in [-0.05, 0) is 189 Å². The van der Waals surface area contributed by atoms with Crippen LogP contribution in [-0.4, -0.2) is 41.2 Å². The summed E-state index contributed by atoms with van der Waals surface area (Å²) in [5, 5.41) is 4.68. The van der Waals surface area contributed by atoms with Crippen LogP contribution < -0.4 is 20.7 Å². The van der Waals surface area contributed by atoms with Gasteiger partial charge in [0.1, 0.15) is 0 Å². The molecule has 1 aromatic heterocycles. The molecular weight excluding hydrogens is 872 g/mol. The summed E-state index contributed by atoms with van der Waals surface area (Å²) in [6, 6.07) is 60.0. The zero-order valence-corrected chi connectivity index (χ0v) is 43.2. The number of nitrogens with zero attached hydrogens (tertiary/aromatic N) is 3. The lowest BCUT2D eigenvalue weighted by molar-refractivity contribution is 0.00578. The highest BCUT2D eigenvalue weighted by molar-refractivity contribution is 6.62. The fourth-order valence-corrected chi connectivity index (χ4v) is 10.4. The molecule has 0 amide bonds. The van der Waals surface area contributed by atoms with Crippen molar-refractivity contribution in [3.05, 3.63) is 186 Å². The minimum Gasteiger partial charge on any atom is -0.399 e. The van der Waals surface area contributed by atoms with E-state index in [9.17, 15) is 0 Å². The van der Waals surface area contributed by atoms with Crippen molar-refractivity contribution >= 4 is 91.9 Å². The average Bonchev–Trinajstić information content (AvgIpc) is 3.86. The number of rotatable bonds is 9. The third-order valence-corrected chi connectivity index (χ3v) is 15.8. The van der Waals surface area contributed by atoms with Crippen LogP contribution in [0.1, 0.15) is 77.6 Å². The lowest BCUT2D eigenvalue weighted by Crippen LogP contribution is -2.41. The molecule has 0 saturated carbocycles. The molecule has 0 atom stereocenters. The minimum absolute atomic E-state index is 0.433. The van der Waals surface area contributed by atoms with Gasteiger partial charge in [0.25, 0.3) is 0 Å². The molecular formula is C62H63B2N3O4. The molecule has 9 aromatic rings. The molecule has 0 spiro atoms. The first-order valence-electron chi connectivity index (χ1n) is 25.0. The fraction of sp³-hybridized carbons (Fsp3) is 0.258. The summed E-state index contributed by atoms with van der Waals surface area (Å²) in [7, 11) is -0.906. The first-order chi connectivity index (χ1) is 33.8. The second-order valence-electron chi connectivity index (χ2n) is 21.8. The van der Waals surface area contributed by atoms with Gasteiger partial charge >= 0.3 is 14.2 Å². The molecule has 356 valence electrons. The summed E-state index contributed by atoms with van der Waals surface area (Å²) in [6.07, 6.45) is 0. The predicted octanol–water partition coefficient (Wildman–Crippen LogP) is 14.7. The molecule has 9 heteroatoms. The Kier molecular flexibility index (Phi) is 11.2. The molecule has 0 radical (unpaired) electrons. The van der Waals surface area contributed by atoms with Crippen molar-refractivity contribution in [3.63, 3.8) is 0 Å². The number of aromatic nitrogens is 1. The summed E-state index contributed by atoms with van der Waals surface area (Å²) >= 11 is 0. The van der Waals surface area contributed by atoms with E-state index in [1.165, 1.54) is 33.0 Å². The minimum atomic E-state index is -0.453. The van der Waals surface area contributed by atoms with E-state index >= 15 is 0 Å². The van der Waals surface area contributed by atoms with E-state index in [2.05, 4.69) is 261 Å². The molecule has 2 aliphatic heterocycles. The van der Waals surface area contributed by atoms with E-state index in [1.54, 1.807) is 0 Å². The summed E-state index contributed by atoms with van der Waals surface area (Å²) in [4.78, 5) is 4.77. The monoisotopic (exact) mass is 936 g/mol. The van der Waals surface area contributed by atoms with Crippen molar-refractivity contribution in [1.82, 2.24) is 4.57 Å². The smallest absolute Gasteiger partial charge is 0.399 e. The summed E-state index contributed by atoms with van der Waals surface area (Å²) < 4.78 is 28.4. The van der Waals surface area contributed by atoms with Gasteiger partial charge in [0, 0.05) is 50.3 Å². The number of fused-ring (bicyclic) bond motifs is 4. The second-order valence-corrected chi connectivity index (χ2v) is 21.8. The SMILES string of the molecule is Cc1ccc(N(c2ccc(B3OC(C)(C)C(C)(C)O3)cc2)c2ccc3c(c2)c2cc(N(c4ccc(B5OC(C)(C)C(C)(C)O5)cc4)c4ccc(C)cc4C)ccc2n3-c2cccc3ccccc23)c(C)c1. The van der Waals surface area contributed by atoms with Gasteiger partial charge in [0.2, 0.25) is 0 Å². The Morgan fingerprint density at radius 1 is 0.380 bits per heavy atom. The molecule has 0 unspecified atom stereocenters. The highest BCUT2D eigenvalue weighted by atomic mass is 16.7. The normalized spacial score (nSPS) is 16.9. The van der Waals surface area contributed by atoms with Crippen molar-refractivity contribution in [1.29, 1.82) is 0 Å². The average molecular weight is 936 g/mol. The number of aryl methyl sites for hydroxylation is 4. The highest BCUT2D eigenvalue weighted by Crippen LogP contribution is 2.45. The van der Waals surface area contributed by atoms with Crippen molar-refractivity contribution in [2.75, 3.05) is 9.80 Å². The molecule has 7 nitrogen and oxygen atoms in total. The van der Waals surface area contributed by atoms with E-state index in [-0.39, 0.29) is 0 Å². The summed E-state index contributed by atoms with van der Waals surface area (Å²) in [5.74, 6) is 0. The molecule has 3 heterocycles. The van der Waals surface area contributed by atoms with Crippen LogP contribution in [0.15, 0.2) is 164 Å². The molecule has 71 heavy (non-hydrogen) atoms. The van der Waals surface area contributed by atoms with Crippen LogP contribution in [0.4, 0.5) is 34.1 Å². The van der Waals surface area contributed by atoms with Crippen molar-refractivity contribution in [2.24, 2.45) is 0 Å². The lowest BCUT2D eigenvalue weighted by Gasteiger charge is -2.32. The van der Waals surface area contributed by atoms with Crippen LogP contribution in [-0.2, 0) is 18.6 Å². The maximum Gasteiger partial charge on any atom is 0.494 e. The first-order valence-corrected chi connectivity index (χ1v) is 25.0. The number of benzene rings is 8. The Balaban J connectivity index is 1.10. The lowest BCUT2D eigenvalue weighted by atomic mass is 9.79. The van der Waals surface area contributed by atoms with E-state index in [4.69, 9.17) is 18.6 Å². The maximum atomic E-state index is 6.49. The Labute approximate surface area is 420 Å². The van der Waals surface area contributed by atoms with E-state index in [0.29, 0.717) is 0 Å². The summed E-state index contributed by atoms with van der Waals surface area (Å²) in [6.45, 7) is 25.5. The third-order valence-electron chi connectivity index (χ3n) is 15.8. The van der Waals surface area contributed by atoms with Crippen LogP contribution in [0.25, 0.3) is 38.3 Å². The van der Waals surface area contributed by atoms with Crippen LogP contribution in [0.2, 0.25) is 0 Å². The van der Waals surface area contributed by atoms with Crippen molar-refractivity contribution in [3.8, 4) is 5.69 Å². The zero-order valence-electron chi connectivity index (χ0n) is 43.2. The van der Waals surface area contributed by atoms with E-state index in [0.717, 1.165) is 72.5 Å². The van der Waals surface area contributed by atoms with Gasteiger partial charge in [-0.2, -0.15) is 0 Å². The van der Waals surface area contributed by atoms with Gasteiger partial charge in [-0.15, -0.1) is 0 Å². The van der Waals surface area contributed by atoms with Crippen molar-refractivity contribution < 1.29 is 18.6 Å². The largest absolute Gasteiger partial charge is 0.494 e.